The largest absolute Gasteiger partial charge is 0.497 e. The highest BCUT2D eigenvalue weighted by atomic mass is 35.5. The number of ether oxygens (including phenoxy) is 3. The Balaban J connectivity index is 1.31. The Kier molecular flexibility index (Phi) is 17.8. The molecule has 0 fully saturated rings. The van der Waals surface area contributed by atoms with Crippen molar-refractivity contribution in [2.24, 2.45) is 0 Å². The maximum atomic E-state index is 13.5. The molecule has 7 heteroatoms. The van der Waals surface area contributed by atoms with Crippen LogP contribution in [0.4, 0.5) is 0 Å². The van der Waals surface area contributed by atoms with Gasteiger partial charge < -0.3 is 14.2 Å². The minimum Gasteiger partial charge on any atom is -0.497 e. The second kappa shape index (κ2) is 22.0. The SMILES string of the molecule is CCCCC/C=C\C/C=C\C/C=C\CCCCCOCCCOC(=O)Cc1c(C)n(C(=O)c2ccc(Cl)cc2)c2ccc(OC)cc12. The second-order valence-corrected chi connectivity index (χ2v) is 12.1. The van der Waals surface area contributed by atoms with Gasteiger partial charge in [-0.3, -0.25) is 14.2 Å². The molecule has 0 aliphatic carbocycles. The summed E-state index contributed by atoms with van der Waals surface area (Å²) < 4.78 is 18.3. The van der Waals surface area contributed by atoms with Crippen molar-refractivity contribution in [2.75, 3.05) is 26.9 Å². The molecule has 0 aliphatic rings. The lowest BCUT2D eigenvalue weighted by molar-refractivity contribution is -0.143. The Morgan fingerprint density at radius 3 is 2.13 bits per heavy atom. The Bertz CT molecular complexity index is 1470. The number of fused-ring (bicyclic) bond motifs is 1. The molecular formula is C40H52ClNO5. The smallest absolute Gasteiger partial charge is 0.310 e. The van der Waals surface area contributed by atoms with Crippen LogP contribution in [0.5, 0.6) is 5.75 Å². The van der Waals surface area contributed by atoms with E-state index in [2.05, 4.69) is 43.4 Å². The van der Waals surface area contributed by atoms with Gasteiger partial charge in [0.15, 0.2) is 0 Å². The fraction of sp³-hybridized carbons (Fsp3) is 0.450. The van der Waals surface area contributed by atoms with Gasteiger partial charge in [0.2, 0.25) is 0 Å². The molecule has 1 heterocycles. The van der Waals surface area contributed by atoms with Crippen LogP contribution in [0.3, 0.4) is 0 Å². The van der Waals surface area contributed by atoms with Gasteiger partial charge in [-0.15, -0.1) is 0 Å². The highest BCUT2D eigenvalue weighted by Crippen LogP contribution is 2.31. The number of unbranched alkanes of at least 4 members (excludes halogenated alkanes) is 6. The van der Waals surface area contributed by atoms with Crippen LogP contribution < -0.4 is 4.74 Å². The lowest BCUT2D eigenvalue weighted by Gasteiger charge is -2.08. The standard InChI is InChI=1S/C40H52ClNO5/c1-4-5-6-7-8-9-10-11-12-13-14-15-16-17-18-19-27-46-28-20-29-47-39(43)31-36-32(2)42(38-26-25-35(45-3)30-37(36)38)40(44)33-21-23-34(41)24-22-33/h8-9,11-12,14-15,21-26,30H,4-7,10,13,16-20,27-29,31H2,1-3H3/b9-8-,12-11-,15-14-. The molecule has 6 nitrogen and oxygen atoms in total. The number of halogens is 1. The number of hydrogen-bond acceptors (Lipinski definition) is 5. The van der Waals surface area contributed by atoms with Crippen LogP contribution in [0, 0.1) is 6.92 Å². The van der Waals surface area contributed by atoms with E-state index in [0.717, 1.165) is 49.5 Å². The monoisotopic (exact) mass is 661 g/mol. The van der Waals surface area contributed by atoms with Crippen molar-refractivity contribution < 1.29 is 23.8 Å². The molecule has 0 radical (unpaired) electrons. The number of rotatable bonds is 22. The summed E-state index contributed by atoms with van der Waals surface area (Å²) in [6, 6.07) is 12.3. The summed E-state index contributed by atoms with van der Waals surface area (Å²) in [4.78, 5) is 26.3. The molecular weight excluding hydrogens is 610 g/mol. The molecule has 3 aromatic rings. The molecule has 254 valence electrons. The summed E-state index contributed by atoms with van der Waals surface area (Å²) in [5.74, 6) is 0.117. The summed E-state index contributed by atoms with van der Waals surface area (Å²) in [5, 5.41) is 1.34. The van der Waals surface area contributed by atoms with Crippen molar-refractivity contribution in [3.8, 4) is 5.75 Å². The van der Waals surface area contributed by atoms with E-state index in [9.17, 15) is 9.59 Å². The number of carbonyl (C=O) groups is 2. The molecule has 1 aromatic heterocycles. The lowest BCUT2D eigenvalue weighted by atomic mass is 10.1. The third-order valence-corrected chi connectivity index (χ3v) is 8.28. The van der Waals surface area contributed by atoms with E-state index in [1.54, 1.807) is 35.9 Å². The van der Waals surface area contributed by atoms with Crippen molar-refractivity contribution in [1.29, 1.82) is 0 Å². The molecule has 0 saturated carbocycles. The first-order valence-electron chi connectivity index (χ1n) is 17.1. The highest BCUT2D eigenvalue weighted by Gasteiger charge is 2.22. The predicted octanol–water partition coefficient (Wildman–Crippen LogP) is 10.4. The first kappa shape index (κ1) is 37.8. The number of hydrogen-bond donors (Lipinski definition) is 0. The number of benzene rings is 2. The third-order valence-electron chi connectivity index (χ3n) is 8.03. The van der Waals surface area contributed by atoms with Gasteiger partial charge in [-0.05, 0) is 99.9 Å². The molecule has 0 bridgehead atoms. The molecule has 0 aliphatic heterocycles. The molecule has 0 saturated heterocycles. The minimum atomic E-state index is -0.341. The van der Waals surface area contributed by atoms with Crippen LogP contribution in [0.15, 0.2) is 78.9 Å². The first-order valence-corrected chi connectivity index (χ1v) is 17.5. The number of aromatic nitrogens is 1. The van der Waals surface area contributed by atoms with Crippen molar-refractivity contribution in [1.82, 2.24) is 4.57 Å². The number of nitrogens with zero attached hydrogens (tertiary/aromatic N) is 1. The molecule has 0 unspecified atom stereocenters. The van der Waals surface area contributed by atoms with E-state index < -0.39 is 0 Å². The van der Waals surface area contributed by atoms with Gasteiger partial charge in [0.25, 0.3) is 5.91 Å². The average Bonchev–Trinajstić information content (AvgIpc) is 3.34. The minimum absolute atomic E-state index is 0.0541. The van der Waals surface area contributed by atoms with Crippen LogP contribution in [0.1, 0.15) is 99.2 Å². The molecule has 0 atom stereocenters. The molecule has 3 rings (SSSR count). The van der Waals surface area contributed by atoms with Gasteiger partial charge in [-0.25, -0.2) is 0 Å². The fourth-order valence-corrected chi connectivity index (χ4v) is 5.50. The lowest BCUT2D eigenvalue weighted by Crippen LogP contribution is -2.15. The zero-order chi connectivity index (χ0) is 33.7. The Morgan fingerprint density at radius 1 is 0.787 bits per heavy atom. The number of allylic oxidation sites excluding steroid dienone is 6. The Labute approximate surface area is 286 Å². The zero-order valence-corrected chi connectivity index (χ0v) is 29.2. The first-order chi connectivity index (χ1) is 23.0. The Hall–Kier alpha value is -3.61. The molecule has 47 heavy (non-hydrogen) atoms. The summed E-state index contributed by atoms with van der Waals surface area (Å²) in [6.07, 6.45) is 25.8. The van der Waals surface area contributed by atoms with E-state index >= 15 is 0 Å². The maximum Gasteiger partial charge on any atom is 0.310 e. The average molecular weight is 662 g/mol. The van der Waals surface area contributed by atoms with E-state index in [4.69, 9.17) is 25.8 Å². The fourth-order valence-electron chi connectivity index (χ4n) is 5.37. The van der Waals surface area contributed by atoms with Gasteiger partial charge >= 0.3 is 5.97 Å². The van der Waals surface area contributed by atoms with Crippen molar-refractivity contribution in [3.63, 3.8) is 0 Å². The van der Waals surface area contributed by atoms with Crippen molar-refractivity contribution in [3.05, 3.63) is 101 Å². The number of carbonyl (C=O) groups excluding carboxylic acids is 2. The maximum absolute atomic E-state index is 13.5. The van der Waals surface area contributed by atoms with E-state index in [0.29, 0.717) is 47.2 Å². The van der Waals surface area contributed by atoms with Gasteiger partial charge in [-0.2, -0.15) is 0 Å². The summed E-state index contributed by atoms with van der Waals surface area (Å²) in [7, 11) is 1.59. The van der Waals surface area contributed by atoms with Crippen LogP contribution in [-0.4, -0.2) is 43.4 Å². The van der Waals surface area contributed by atoms with Crippen molar-refractivity contribution in [2.45, 2.75) is 90.9 Å². The molecule has 0 N–H and O–H groups in total. The van der Waals surface area contributed by atoms with Crippen LogP contribution in [0.2, 0.25) is 5.02 Å². The summed E-state index contributed by atoms with van der Waals surface area (Å²) >= 11 is 6.02. The molecule has 0 spiro atoms. The molecule has 2 aromatic carbocycles. The predicted molar refractivity (Wildman–Crippen MR) is 194 cm³/mol. The topological polar surface area (TPSA) is 66.8 Å². The molecule has 0 amide bonds. The Morgan fingerprint density at radius 2 is 1.45 bits per heavy atom. The van der Waals surface area contributed by atoms with Crippen LogP contribution in [-0.2, 0) is 20.7 Å². The number of esters is 1. The van der Waals surface area contributed by atoms with Gasteiger partial charge in [0.1, 0.15) is 5.75 Å². The van der Waals surface area contributed by atoms with Crippen LogP contribution >= 0.6 is 11.6 Å². The second-order valence-electron chi connectivity index (χ2n) is 11.7. The van der Waals surface area contributed by atoms with Gasteiger partial charge in [0.05, 0.1) is 25.7 Å². The van der Waals surface area contributed by atoms with Crippen LogP contribution in [0.25, 0.3) is 10.9 Å². The summed E-state index contributed by atoms with van der Waals surface area (Å²) in [5.41, 5.74) is 2.65. The van der Waals surface area contributed by atoms with E-state index in [1.807, 2.05) is 25.1 Å². The third kappa shape index (κ3) is 13.2. The normalized spacial score (nSPS) is 11.8. The summed E-state index contributed by atoms with van der Waals surface area (Å²) in [6.45, 7) is 5.65. The van der Waals surface area contributed by atoms with E-state index in [1.165, 1.54) is 25.7 Å². The zero-order valence-electron chi connectivity index (χ0n) is 28.5. The highest BCUT2D eigenvalue weighted by molar-refractivity contribution is 6.30. The van der Waals surface area contributed by atoms with E-state index in [-0.39, 0.29) is 24.9 Å². The number of methoxy groups -OCH3 is 1. The van der Waals surface area contributed by atoms with Gasteiger partial charge in [0, 0.05) is 41.3 Å². The van der Waals surface area contributed by atoms with Crippen molar-refractivity contribution >= 4 is 34.4 Å². The van der Waals surface area contributed by atoms with Gasteiger partial charge in [-0.1, -0.05) is 74.2 Å². The quantitative estimate of drug-likeness (QED) is 0.0609.